The average Bonchev–Trinajstić information content (AvgIpc) is 3.26. The average molecular weight is 456 g/mol. The Labute approximate surface area is 200 Å². The highest BCUT2D eigenvalue weighted by Gasteiger charge is 2.24. The Kier molecular flexibility index (Phi) is 6.68. The summed E-state index contributed by atoms with van der Waals surface area (Å²) in [5.41, 5.74) is 6.33. The van der Waals surface area contributed by atoms with Gasteiger partial charge in [-0.1, -0.05) is 42.0 Å². The van der Waals surface area contributed by atoms with Crippen LogP contribution in [0.25, 0.3) is 16.9 Å². The van der Waals surface area contributed by atoms with Crippen LogP contribution in [0.5, 0.6) is 5.75 Å². The van der Waals surface area contributed by atoms with Crippen LogP contribution < -0.4 is 9.64 Å². The molecule has 1 heterocycles. The molecule has 6 nitrogen and oxygen atoms in total. The molecule has 0 aliphatic rings. The van der Waals surface area contributed by atoms with Gasteiger partial charge in [0.1, 0.15) is 5.75 Å². The molecule has 0 saturated carbocycles. The van der Waals surface area contributed by atoms with Crippen LogP contribution in [0.1, 0.15) is 22.7 Å². The summed E-state index contributed by atoms with van der Waals surface area (Å²) in [5.74, 6) is -0.793. The lowest BCUT2D eigenvalue weighted by Gasteiger charge is -2.15. The summed E-state index contributed by atoms with van der Waals surface area (Å²) in [6.07, 6.45) is 0.311. The molecule has 174 valence electrons. The zero-order chi connectivity index (χ0) is 24.2. The topological polar surface area (TPSA) is 67.6 Å². The van der Waals surface area contributed by atoms with E-state index in [1.807, 2.05) is 103 Å². The SMILES string of the molecule is COc1ccc(-n2nc(-c3cccc(N(C)C)c3)cc2CC(C(=O)O)c2cccc(C)c2)cc1. The number of carboxylic acids is 1. The molecule has 0 aliphatic heterocycles. The van der Waals surface area contributed by atoms with Gasteiger partial charge >= 0.3 is 5.97 Å². The van der Waals surface area contributed by atoms with E-state index >= 15 is 0 Å². The van der Waals surface area contributed by atoms with Gasteiger partial charge < -0.3 is 14.7 Å². The number of methoxy groups -OCH3 is 1. The molecular formula is C28H29N3O3. The maximum absolute atomic E-state index is 12.3. The molecule has 3 aromatic carbocycles. The van der Waals surface area contributed by atoms with Gasteiger partial charge in [-0.3, -0.25) is 4.79 Å². The minimum absolute atomic E-state index is 0.311. The fourth-order valence-corrected chi connectivity index (χ4v) is 4.04. The monoisotopic (exact) mass is 455 g/mol. The van der Waals surface area contributed by atoms with E-state index in [2.05, 4.69) is 6.07 Å². The van der Waals surface area contributed by atoms with E-state index < -0.39 is 11.9 Å². The number of carboxylic acid groups (broad SMARTS) is 1. The lowest BCUT2D eigenvalue weighted by Crippen LogP contribution is -2.16. The Bertz CT molecular complexity index is 1290. The van der Waals surface area contributed by atoms with Crippen LogP contribution in [0, 0.1) is 6.92 Å². The van der Waals surface area contributed by atoms with E-state index in [4.69, 9.17) is 9.84 Å². The molecule has 1 unspecified atom stereocenters. The molecule has 4 aromatic rings. The molecule has 0 spiro atoms. The van der Waals surface area contributed by atoms with E-state index in [1.165, 1.54) is 0 Å². The van der Waals surface area contributed by atoms with Crippen molar-refractivity contribution in [2.75, 3.05) is 26.1 Å². The highest BCUT2D eigenvalue weighted by molar-refractivity contribution is 5.77. The van der Waals surface area contributed by atoms with E-state index in [0.717, 1.165) is 45.2 Å². The van der Waals surface area contributed by atoms with Gasteiger partial charge in [-0.2, -0.15) is 5.10 Å². The van der Waals surface area contributed by atoms with E-state index in [-0.39, 0.29) is 0 Å². The number of anilines is 1. The Balaban J connectivity index is 1.80. The molecule has 0 amide bonds. The van der Waals surface area contributed by atoms with Crippen molar-refractivity contribution < 1.29 is 14.6 Å². The van der Waals surface area contributed by atoms with E-state index in [9.17, 15) is 9.90 Å². The molecule has 0 aliphatic carbocycles. The van der Waals surface area contributed by atoms with Gasteiger partial charge in [-0.25, -0.2) is 4.68 Å². The molecule has 0 saturated heterocycles. The number of hydrogen-bond donors (Lipinski definition) is 1. The Hall–Kier alpha value is -4.06. The first-order valence-electron chi connectivity index (χ1n) is 11.2. The lowest BCUT2D eigenvalue weighted by atomic mass is 9.93. The fourth-order valence-electron chi connectivity index (χ4n) is 4.04. The minimum atomic E-state index is -0.857. The van der Waals surface area contributed by atoms with Crippen molar-refractivity contribution in [3.05, 3.63) is 95.7 Å². The van der Waals surface area contributed by atoms with Gasteiger partial charge in [-0.05, 0) is 55.0 Å². The first-order valence-corrected chi connectivity index (χ1v) is 11.2. The number of benzene rings is 3. The van der Waals surface area contributed by atoms with Crippen LogP contribution in [-0.4, -0.2) is 42.1 Å². The summed E-state index contributed by atoms with van der Waals surface area (Å²) < 4.78 is 7.13. The normalized spacial score (nSPS) is 11.8. The zero-order valence-electron chi connectivity index (χ0n) is 19.9. The predicted octanol–water partition coefficient (Wildman–Crippen LogP) is 5.33. The lowest BCUT2D eigenvalue weighted by molar-refractivity contribution is -0.138. The molecule has 0 bridgehead atoms. The predicted molar refractivity (Wildman–Crippen MR) is 135 cm³/mol. The third-order valence-electron chi connectivity index (χ3n) is 5.91. The van der Waals surface area contributed by atoms with E-state index in [1.54, 1.807) is 7.11 Å². The maximum Gasteiger partial charge on any atom is 0.311 e. The number of ether oxygens (including phenoxy) is 1. The number of aliphatic carboxylic acids is 1. The largest absolute Gasteiger partial charge is 0.497 e. The van der Waals surface area contributed by atoms with Crippen LogP contribution in [0.3, 0.4) is 0 Å². The smallest absolute Gasteiger partial charge is 0.311 e. The molecular weight excluding hydrogens is 426 g/mol. The number of nitrogens with zero attached hydrogens (tertiary/aromatic N) is 3. The van der Waals surface area contributed by atoms with Gasteiger partial charge in [0.15, 0.2) is 0 Å². The molecule has 6 heteroatoms. The first kappa shape index (κ1) is 23.1. The van der Waals surface area contributed by atoms with Gasteiger partial charge in [0, 0.05) is 37.5 Å². The van der Waals surface area contributed by atoms with Crippen LogP contribution in [-0.2, 0) is 11.2 Å². The third-order valence-corrected chi connectivity index (χ3v) is 5.91. The molecule has 34 heavy (non-hydrogen) atoms. The van der Waals surface area contributed by atoms with Crippen LogP contribution >= 0.6 is 0 Å². The first-order chi connectivity index (χ1) is 16.4. The van der Waals surface area contributed by atoms with Crippen molar-refractivity contribution >= 4 is 11.7 Å². The van der Waals surface area contributed by atoms with Crippen molar-refractivity contribution in [1.82, 2.24) is 9.78 Å². The molecule has 1 N–H and O–H groups in total. The molecule has 4 rings (SSSR count). The standard InChI is InChI=1S/C28H29N3O3/c1-19-7-5-8-20(15-19)26(28(32)33)17-24-18-27(21-9-6-10-23(16-21)30(2)3)29-31(24)22-11-13-25(34-4)14-12-22/h5-16,18,26H,17H2,1-4H3,(H,32,33). The summed E-state index contributed by atoms with van der Waals surface area (Å²) in [5, 5.41) is 15.0. The quantitative estimate of drug-likeness (QED) is 0.389. The van der Waals surface area contributed by atoms with Crippen molar-refractivity contribution in [2.45, 2.75) is 19.3 Å². The molecule has 1 aromatic heterocycles. The molecule has 0 fully saturated rings. The zero-order valence-corrected chi connectivity index (χ0v) is 19.9. The van der Waals surface area contributed by atoms with Crippen LogP contribution in [0.15, 0.2) is 78.9 Å². The van der Waals surface area contributed by atoms with Gasteiger partial charge in [0.05, 0.1) is 24.4 Å². The second-order valence-electron chi connectivity index (χ2n) is 8.58. The van der Waals surface area contributed by atoms with Crippen LogP contribution in [0.4, 0.5) is 5.69 Å². The summed E-state index contributed by atoms with van der Waals surface area (Å²) in [6, 6.07) is 25.4. The minimum Gasteiger partial charge on any atom is -0.497 e. The summed E-state index contributed by atoms with van der Waals surface area (Å²) >= 11 is 0. The van der Waals surface area contributed by atoms with Crippen molar-refractivity contribution in [1.29, 1.82) is 0 Å². The second-order valence-corrected chi connectivity index (χ2v) is 8.58. The van der Waals surface area contributed by atoms with E-state index in [0.29, 0.717) is 6.42 Å². The maximum atomic E-state index is 12.3. The number of aromatic nitrogens is 2. The number of aryl methyl sites for hydroxylation is 1. The van der Waals surface area contributed by atoms with Gasteiger partial charge in [-0.15, -0.1) is 0 Å². The second kappa shape index (κ2) is 9.83. The summed E-state index contributed by atoms with van der Waals surface area (Å²) in [4.78, 5) is 14.3. The number of carbonyl (C=O) groups is 1. The van der Waals surface area contributed by atoms with Gasteiger partial charge in [0.25, 0.3) is 0 Å². The Morgan fingerprint density at radius 2 is 1.76 bits per heavy atom. The Morgan fingerprint density at radius 3 is 2.41 bits per heavy atom. The summed E-state index contributed by atoms with van der Waals surface area (Å²) in [6.45, 7) is 1.97. The van der Waals surface area contributed by atoms with Crippen LogP contribution in [0.2, 0.25) is 0 Å². The molecule has 1 atom stereocenters. The van der Waals surface area contributed by atoms with Crippen molar-refractivity contribution in [3.8, 4) is 22.7 Å². The highest BCUT2D eigenvalue weighted by atomic mass is 16.5. The number of rotatable bonds is 8. The van der Waals surface area contributed by atoms with Gasteiger partial charge in [0.2, 0.25) is 0 Å². The Morgan fingerprint density at radius 1 is 1.03 bits per heavy atom. The summed E-state index contributed by atoms with van der Waals surface area (Å²) in [7, 11) is 5.63. The number of hydrogen-bond acceptors (Lipinski definition) is 4. The van der Waals surface area contributed by atoms with Crippen molar-refractivity contribution in [2.24, 2.45) is 0 Å². The molecule has 0 radical (unpaired) electrons. The van der Waals surface area contributed by atoms with Crippen molar-refractivity contribution in [3.63, 3.8) is 0 Å². The highest BCUT2D eigenvalue weighted by Crippen LogP contribution is 2.29. The third kappa shape index (κ3) is 4.96. The fraction of sp³-hybridized carbons (Fsp3) is 0.214.